The molecular weight excluding hydrogens is 340 g/mol. The Bertz CT molecular complexity index is 1050. The Kier molecular flexibility index (Phi) is 3.79. The van der Waals surface area contributed by atoms with Gasteiger partial charge in [-0.3, -0.25) is 4.79 Å². The second kappa shape index (κ2) is 6.29. The minimum Gasteiger partial charge on any atom is -0.361 e. The van der Waals surface area contributed by atoms with Crippen LogP contribution in [0.3, 0.4) is 0 Å². The molecule has 1 fully saturated rings. The van der Waals surface area contributed by atoms with E-state index in [1.807, 2.05) is 23.1 Å². The maximum absolute atomic E-state index is 12.9. The van der Waals surface area contributed by atoms with Gasteiger partial charge in [0.15, 0.2) is 0 Å². The summed E-state index contributed by atoms with van der Waals surface area (Å²) in [5.74, 6) is 0.709. The highest BCUT2D eigenvalue weighted by molar-refractivity contribution is 7.20. The van der Waals surface area contributed by atoms with Crippen molar-refractivity contribution in [1.82, 2.24) is 9.88 Å². The quantitative estimate of drug-likeness (QED) is 0.510. The van der Waals surface area contributed by atoms with Gasteiger partial charge in [0.05, 0.1) is 4.88 Å². The summed E-state index contributed by atoms with van der Waals surface area (Å²) in [7, 11) is 0. The van der Waals surface area contributed by atoms with E-state index in [0.717, 1.165) is 36.2 Å². The van der Waals surface area contributed by atoms with Gasteiger partial charge in [-0.25, -0.2) is 0 Å². The van der Waals surface area contributed by atoms with E-state index in [1.54, 1.807) is 11.3 Å². The van der Waals surface area contributed by atoms with Crippen molar-refractivity contribution >= 4 is 38.2 Å². The summed E-state index contributed by atoms with van der Waals surface area (Å²) >= 11 is 1.60. The number of thiophene rings is 1. The molecule has 4 heteroatoms. The summed E-state index contributed by atoms with van der Waals surface area (Å²) in [5, 5.41) is 2.48. The number of carbonyl (C=O) groups excluding carboxylic acids is 1. The van der Waals surface area contributed by atoms with Crippen LogP contribution in [-0.4, -0.2) is 28.9 Å². The fourth-order valence-corrected chi connectivity index (χ4v) is 5.10. The Morgan fingerprint density at radius 3 is 2.65 bits per heavy atom. The van der Waals surface area contributed by atoms with Crippen molar-refractivity contribution in [3.63, 3.8) is 0 Å². The van der Waals surface area contributed by atoms with Crippen molar-refractivity contribution in [3.05, 3.63) is 71.2 Å². The number of likely N-dealkylation sites (tertiary alicyclic amines) is 1. The first-order valence-electron chi connectivity index (χ1n) is 9.13. The Morgan fingerprint density at radius 2 is 1.81 bits per heavy atom. The molecule has 0 aliphatic carbocycles. The first kappa shape index (κ1) is 15.6. The van der Waals surface area contributed by atoms with E-state index >= 15 is 0 Å². The molecule has 0 saturated carbocycles. The number of nitrogens with one attached hydrogen (secondary N) is 1. The normalized spacial score (nSPS) is 15.8. The van der Waals surface area contributed by atoms with E-state index in [4.69, 9.17) is 0 Å². The average molecular weight is 360 g/mol. The SMILES string of the molecule is O=C(c1cc2ccccc2s1)N1CCC(c2c[nH]c3ccccc23)CC1. The molecule has 26 heavy (non-hydrogen) atoms. The van der Waals surface area contributed by atoms with Crippen LogP contribution in [0.2, 0.25) is 0 Å². The van der Waals surface area contributed by atoms with Gasteiger partial charge in [-0.05, 0) is 47.9 Å². The Labute approximate surface area is 156 Å². The molecule has 1 aliphatic rings. The fourth-order valence-electron chi connectivity index (χ4n) is 4.07. The van der Waals surface area contributed by atoms with Crippen LogP contribution >= 0.6 is 11.3 Å². The predicted molar refractivity (Wildman–Crippen MR) is 108 cm³/mol. The predicted octanol–water partition coefficient (Wildman–Crippen LogP) is 5.40. The highest BCUT2D eigenvalue weighted by Gasteiger charge is 2.26. The standard InChI is InChI=1S/C22H20N2OS/c25-22(21-13-16-5-1-4-8-20(16)26-21)24-11-9-15(10-12-24)18-14-23-19-7-3-2-6-17(18)19/h1-8,13-15,23H,9-12H2. The Balaban J connectivity index is 1.33. The van der Waals surface area contributed by atoms with E-state index in [-0.39, 0.29) is 5.91 Å². The lowest BCUT2D eigenvalue weighted by Crippen LogP contribution is -2.37. The van der Waals surface area contributed by atoms with Crippen molar-refractivity contribution in [2.75, 3.05) is 13.1 Å². The lowest BCUT2D eigenvalue weighted by atomic mass is 9.89. The van der Waals surface area contributed by atoms with Crippen molar-refractivity contribution in [1.29, 1.82) is 0 Å². The van der Waals surface area contributed by atoms with Gasteiger partial charge in [0.25, 0.3) is 5.91 Å². The molecule has 130 valence electrons. The highest BCUT2D eigenvalue weighted by atomic mass is 32.1. The fraction of sp³-hybridized carbons (Fsp3) is 0.227. The van der Waals surface area contributed by atoms with Gasteiger partial charge in [-0.15, -0.1) is 11.3 Å². The number of fused-ring (bicyclic) bond motifs is 2. The number of carbonyl (C=O) groups is 1. The molecule has 1 amide bonds. The van der Waals surface area contributed by atoms with E-state index in [1.165, 1.54) is 21.2 Å². The molecular formula is C22H20N2OS. The first-order chi connectivity index (χ1) is 12.8. The molecule has 0 spiro atoms. The third-order valence-electron chi connectivity index (χ3n) is 5.48. The van der Waals surface area contributed by atoms with Gasteiger partial charge in [-0.1, -0.05) is 36.4 Å². The molecule has 3 heterocycles. The van der Waals surface area contributed by atoms with Crippen LogP contribution in [0.5, 0.6) is 0 Å². The lowest BCUT2D eigenvalue weighted by molar-refractivity contribution is 0.0718. The Hall–Kier alpha value is -2.59. The van der Waals surface area contributed by atoms with Crippen LogP contribution in [0.4, 0.5) is 0 Å². The van der Waals surface area contributed by atoms with Crippen molar-refractivity contribution < 1.29 is 4.79 Å². The van der Waals surface area contributed by atoms with Gasteiger partial charge < -0.3 is 9.88 Å². The number of hydrogen-bond donors (Lipinski definition) is 1. The van der Waals surface area contributed by atoms with E-state index in [0.29, 0.717) is 5.92 Å². The molecule has 1 aliphatic heterocycles. The Morgan fingerprint density at radius 1 is 1.04 bits per heavy atom. The van der Waals surface area contributed by atoms with Crippen LogP contribution in [0.1, 0.15) is 34.0 Å². The molecule has 5 rings (SSSR count). The molecule has 2 aromatic carbocycles. The molecule has 0 radical (unpaired) electrons. The molecule has 1 N–H and O–H groups in total. The number of H-pyrrole nitrogens is 1. The maximum atomic E-state index is 12.9. The van der Waals surface area contributed by atoms with Crippen molar-refractivity contribution in [2.24, 2.45) is 0 Å². The molecule has 2 aromatic heterocycles. The minimum absolute atomic E-state index is 0.184. The van der Waals surface area contributed by atoms with E-state index in [2.05, 4.69) is 47.6 Å². The third-order valence-corrected chi connectivity index (χ3v) is 6.58. The number of aromatic amines is 1. The number of rotatable bonds is 2. The van der Waals surface area contributed by atoms with E-state index < -0.39 is 0 Å². The van der Waals surface area contributed by atoms with Crippen molar-refractivity contribution in [2.45, 2.75) is 18.8 Å². The summed E-state index contributed by atoms with van der Waals surface area (Å²) in [5.41, 5.74) is 2.60. The smallest absolute Gasteiger partial charge is 0.263 e. The zero-order chi connectivity index (χ0) is 17.5. The van der Waals surface area contributed by atoms with Crippen LogP contribution in [-0.2, 0) is 0 Å². The number of amides is 1. The molecule has 3 nitrogen and oxygen atoms in total. The number of piperidine rings is 1. The van der Waals surface area contributed by atoms with Crippen molar-refractivity contribution in [3.8, 4) is 0 Å². The molecule has 0 bridgehead atoms. The number of hydrogen-bond acceptors (Lipinski definition) is 2. The molecule has 4 aromatic rings. The summed E-state index contributed by atoms with van der Waals surface area (Å²) in [6.07, 6.45) is 4.20. The van der Waals surface area contributed by atoms with Gasteiger partial charge in [0, 0.05) is 34.9 Å². The number of para-hydroxylation sites is 1. The second-order valence-corrected chi connectivity index (χ2v) is 8.09. The van der Waals surface area contributed by atoms with Gasteiger partial charge in [0.2, 0.25) is 0 Å². The van der Waals surface area contributed by atoms with Gasteiger partial charge in [-0.2, -0.15) is 0 Å². The van der Waals surface area contributed by atoms with Crippen LogP contribution in [0.15, 0.2) is 60.8 Å². The van der Waals surface area contributed by atoms with Crippen LogP contribution in [0.25, 0.3) is 21.0 Å². The lowest BCUT2D eigenvalue weighted by Gasteiger charge is -2.31. The topological polar surface area (TPSA) is 36.1 Å². The summed E-state index contributed by atoms with van der Waals surface area (Å²) < 4.78 is 1.18. The zero-order valence-corrected chi connectivity index (χ0v) is 15.3. The van der Waals surface area contributed by atoms with E-state index in [9.17, 15) is 4.79 Å². The molecule has 1 saturated heterocycles. The second-order valence-electron chi connectivity index (χ2n) is 7.00. The summed E-state index contributed by atoms with van der Waals surface area (Å²) in [4.78, 5) is 19.2. The highest BCUT2D eigenvalue weighted by Crippen LogP contribution is 2.34. The van der Waals surface area contributed by atoms with Crippen LogP contribution < -0.4 is 0 Å². The molecule has 0 unspecified atom stereocenters. The number of benzene rings is 2. The number of nitrogens with zero attached hydrogens (tertiary/aromatic N) is 1. The van der Waals surface area contributed by atoms with Gasteiger partial charge >= 0.3 is 0 Å². The largest absolute Gasteiger partial charge is 0.361 e. The monoisotopic (exact) mass is 360 g/mol. The summed E-state index contributed by atoms with van der Waals surface area (Å²) in [6.45, 7) is 1.66. The zero-order valence-electron chi connectivity index (χ0n) is 14.4. The maximum Gasteiger partial charge on any atom is 0.263 e. The molecule has 0 atom stereocenters. The van der Waals surface area contributed by atoms with Crippen LogP contribution in [0, 0.1) is 0 Å². The average Bonchev–Trinajstić information content (AvgIpc) is 3.32. The summed E-state index contributed by atoms with van der Waals surface area (Å²) in [6, 6.07) is 18.7. The minimum atomic E-state index is 0.184. The third kappa shape index (κ3) is 2.61. The van der Waals surface area contributed by atoms with Gasteiger partial charge in [0.1, 0.15) is 0 Å². The first-order valence-corrected chi connectivity index (χ1v) is 9.95. The number of aromatic nitrogens is 1.